The summed E-state index contributed by atoms with van der Waals surface area (Å²) in [6.45, 7) is 10.5. The Labute approximate surface area is 121 Å². The molecule has 1 saturated heterocycles. The maximum absolute atomic E-state index is 6.08. The summed E-state index contributed by atoms with van der Waals surface area (Å²) in [6.07, 6.45) is 0. The van der Waals surface area contributed by atoms with Gasteiger partial charge < -0.3 is 9.31 Å². The van der Waals surface area contributed by atoms with Crippen LogP contribution in [0.1, 0.15) is 40.2 Å². The fourth-order valence-electron chi connectivity index (χ4n) is 2.03. The third-order valence-corrected chi connectivity index (χ3v) is 4.90. The molecule has 1 aliphatic heterocycles. The van der Waals surface area contributed by atoms with E-state index in [1.54, 1.807) is 0 Å². The summed E-state index contributed by atoms with van der Waals surface area (Å²) < 4.78 is 12.2. The van der Waals surface area contributed by atoms with Crippen LogP contribution >= 0.6 is 11.8 Å². The van der Waals surface area contributed by atoms with Crippen molar-refractivity contribution in [2.75, 3.05) is 5.75 Å². The van der Waals surface area contributed by atoms with Gasteiger partial charge in [-0.05, 0) is 44.5 Å². The summed E-state index contributed by atoms with van der Waals surface area (Å²) in [5.41, 5.74) is 1.91. The van der Waals surface area contributed by atoms with E-state index in [4.69, 9.17) is 9.31 Å². The van der Waals surface area contributed by atoms with Crippen molar-refractivity contribution in [1.29, 1.82) is 0 Å². The molecule has 1 aliphatic rings. The smallest absolute Gasteiger partial charge is 0.399 e. The van der Waals surface area contributed by atoms with Gasteiger partial charge in [0.25, 0.3) is 0 Å². The molecule has 0 unspecified atom stereocenters. The SMILES string of the molecule is CCSCc1cccc(B2OC(C)(C)C(C)(C)O2)c1. The molecule has 1 heterocycles. The fraction of sp³-hybridized carbons (Fsp3) is 0.600. The van der Waals surface area contributed by atoms with Crippen LogP contribution in [0.15, 0.2) is 24.3 Å². The van der Waals surface area contributed by atoms with Crippen LogP contribution in [0.25, 0.3) is 0 Å². The molecule has 1 fully saturated rings. The van der Waals surface area contributed by atoms with E-state index in [-0.39, 0.29) is 18.3 Å². The molecule has 104 valence electrons. The average Bonchev–Trinajstić information content (AvgIpc) is 2.56. The summed E-state index contributed by atoms with van der Waals surface area (Å²) in [7, 11) is -0.253. The van der Waals surface area contributed by atoms with Crippen LogP contribution in [-0.4, -0.2) is 24.1 Å². The van der Waals surface area contributed by atoms with Gasteiger partial charge in [0.2, 0.25) is 0 Å². The molecule has 0 saturated carbocycles. The maximum Gasteiger partial charge on any atom is 0.494 e. The van der Waals surface area contributed by atoms with E-state index in [1.807, 2.05) is 11.8 Å². The second kappa shape index (κ2) is 5.51. The van der Waals surface area contributed by atoms with E-state index in [9.17, 15) is 0 Å². The Kier molecular flexibility index (Phi) is 4.33. The van der Waals surface area contributed by atoms with Gasteiger partial charge in [0.05, 0.1) is 11.2 Å². The molecule has 0 radical (unpaired) electrons. The predicted molar refractivity (Wildman–Crippen MR) is 84.0 cm³/mol. The Morgan fingerprint density at radius 3 is 2.32 bits per heavy atom. The van der Waals surface area contributed by atoms with Gasteiger partial charge in [0.15, 0.2) is 0 Å². The van der Waals surface area contributed by atoms with Crippen molar-refractivity contribution < 1.29 is 9.31 Å². The van der Waals surface area contributed by atoms with Crippen molar-refractivity contribution in [3.63, 3.8) is 0 Å². The number of thioether (sulfide) groups is 1. The number of rotatable bonds is 4. The van der Waals surface area contributed by atoms with Gasteiger partial charge in [0.1, 0.15) is 0 Å². The van der Waals surface area contributed by atoms with E-state index in [0.717, 1.165) is 17.0 Å². The number of benzene rings is 1. The van der Waals surface area contributed by atoms with Gasteiger partial charge in [-0.1, -0.05) is 31.2 Å². The second-order valence-corrected chi connectivity index (χ2v) is 7.24. The van der Waals surface area contributed by atoms with Crippen molar-refractivity contribution in [3.8, 4) is 0 Å². The van der Waals surface area contributed by atoms with Crippen molar-refractivity contribution in [2.24, 2.45) is 0 Å². The maximum atomic E-state index is 6.08. The molecule has 2 nitrogen and oxygen atoms in total. The zero-order valence-electron chi connectivity index (χ0n) is 12.5. The van der Waals surface area contributed by atoms with Gasteiger partial charge in [-0.25, -0.2) is 0 Å². The molecule has 1 aromatic rings. The highest BCUT2D eigenvalue weighted by molar-refractivity contribution is 7.98. The molecular weight excluding hydrogens is 255 g/mol. The van der Waals surface area contributed by atoms with Crippen molar-refractivity contribution in [3.05, 3.63) is 29.8 Å². The van der Waals surface area contributed by atoms with Crippen LogP contribution in [0.3, 0.4) is 0 Å². The monoisotopic (exact) mass is 278 g/mol. The second-order valence-electron chi connectivity index (χ2n) is 5.97. The van der Waals surface area contributed by atoms with Gasteiger partial charge in [-0.15, -0.1) is 0 Å². The molecule has 0 aromatic heterocycles. The predicted octanol–water partition coefficient (Wildman–Crippen LogP) is 3.24. The quantitative estimate of drug-likeness (QED) is 0.788. The van der Waals surface area contributed by atoms with Crippen LogP contribution in [-0.2, 0) is 15.1 Å². The molecule has 1 aromatic carbocycles. The molecular formula is C15H23BO2S. The summed E-state index contributed by atoms with van der Waals surface area (Å²) in [4.78, 5) is 0. The summed E-state index contributed by atoms with van der Waals surface area (Å²) in [6, 6.07) is 8.54. The van der Waals surface area contributed by atoms with Crippen LogP contribution < -0.4 is 5.46 Å². The molecule has 0 aliphatic carbocycles. The molecule has 0 spiro atoms. The minimum Gasteiger partial charge on any atom is -0.399 e. The standard InChI is InChI=1S/C15H23BO2S/c1-6-19-11-12-8-7-9-13(10-12)16-17-14(2,3)15(4,5)18-16/h7-10H,6,11H2,1-5H3. The minimum absolute atomic E-state index is 0.253. The summed E-state index contributed by atoms with van der Waals surface area (Å²) >= 11 is 1.93. The van der Waals surface area contributed by atoms with E-state index in [0.29, 0.717) is 0 Å². The Morgan fingerprint density at radius 2 is 1.74 bits per heavy atom. The first kappa shape index (κ1) is 15.0. The molecule has 0 atom stereocenters. The lowest BCUT2D eigenvalue weighted by molar-refractivity contribution is 0.00578. The lowest BCUT2D eigenvalue weighted by atomic mass is 9.78. The van der Waals surface area contributed by atoms with Crippen LogP contribution in [0.5, 0.6) is 0 Å². The first-order valence-electron chi connectivity index (χ1n) is 6.88. The highest BCUT2D eigenvalue weighted by atomic mass is 32.2. The first-order chi connectivity index (χ1) is 8.86. The van der Waals surface area contributed by atoms with Crippen LogP contribution in [0.2, 0.25) is 0 Å². The van der Waals surface area contributed by atoms with E-state index < -0.39 is 0 Å². The van der Waals surface area contributed by atoms with Crippen LogP contribution in [0, 0.1) is 0 Å². The number of hydrogen-bond donors (Lipinski definition) is 0. The minimum atomic E-state index is -0.272. The number of hydrogen-bond acceptors (Lipinski definition) is 3. The largest absolute Gasteiger partial charge is 0.494 e. The lowest BCUT2D eigenvalue weighted by Crippen LogP contribution is -2.41. The van der Waals surface area contributed by atoms with Gasteiger partial charge in [-0.3, -0.25) is 0 Å². The molecule has 0 amide bonds. The zero-order chi connectivity index (χ0) is 14.1. The Morgan fingerprint density at radius 1 is 1.11 bits per heavy atom. The Hall–Kier alpha value is -0.445. The van der Waals surface area contributed by atoms with Gasteiger partial charge in [0, 0.05) is 5.75 Å². The fourth-order valence-corrected chi connectivity index (χ4v) is 2.65. The molecule has 4 heteroatoms. The third kappa shape index (κ3) is 3.18. The molecule has 0 bridgehead atoms. The molecule has 19 heavy (non-hydrogen) atoms. The van der Waals surface area contributed by atoms with Crippen molar-refractivity contribution in [1.82, 2.24) is 0 Å². The molecule has 2 rings (SSSR count). The molecule has 0 N–H and O–H groups in total. The third-order valence-electron chi connectivity index (χ3n) is 3.95. The normalized spacial score (nSPS) is 20.8. The van der Waals surface area contributed by atoms with Gasteiger partial charge in [-0.2, -0.15) is 11.8 Å². The lowest BCUT2D eigenvalue weighted by Gasteiger charge is -2.32. The van der Waals surface area contributed by atoms with Gasteiger partial charge >= 0.3 is 7.12 Å². The summed E-state index contributed by atoms with van der Waals surface area (Å²) in [5.74, 6) is 2.19. The van der Waals surface area contributed by atoms with Crippen molar-refractivity contribution in [2.45, 2.75) is 51.6 Å². The highest BCUT2D eigenvalue weighted by Gasteiger charge is 2.51. The highest BCUT2D eigenvalue weighted by Crippen LogP contribution is 2.36. The Balaban J connectivity index is 2.15. The summed E-state index contributed by atoms with van der Waals surface area (Å²) in [5, 5.41) is 0. The van der Waals surface area contributed by atoms with Crippen molar-refractivity contribution >= 4 is 24.3 Å². The van der Waals surface area contributed by atoms with E-state index >= 15 is 0 Å². The van der Waals surface area contributed by atoms with E-state index in [2.05, 4.69) is 58.9 Å². The zero-order valence-corrected chi connectivity index (χ0v) is 13.3. The Bertz CT molecular complexity index is 430. The van der Waals surface area contributed by atoms with E-state index in [1.165, 1.54) is 5.56 Å². The average molecular weight is 278 g/mol. The topological polar surface area (TPSA) is 18.5 Å². The van der Waals surface area contributed by atoms with Crippen LogP contribution in [0.4, 0.5) is 0 Å². The first-order valence-corrected chi connectivity index (χ1v) is 8.03.